The number of halogens is 2. The van der Waals surface area contributed by atoms with Gasteiger partial charge in [0.2, 0.25) is 11.9 Å². The minimum absolute atomic E-state index is 0.0483. The molecule has 4 aromatic rings. The number of aromatic nitrogens is 3. The number of anilines is 2. The van der Waals surface area contributed by atoms with Gasteiger partial charge in [0.05, 0.1) is 30.9 Å². The summed E-state index contributed by atoms with van der Waals surface area (Å²) in [6, 6.07) is 11.5. The van der Waals surface area contributed by atoms with Crippen molar-refractivity contribution in [1.29, 1.82) is 0 Å². The number of hydrogen-bond acceptors (Lipinski definition) is 9. The molecule has 1 aliphatic carbocycles. The van der Waals surface area contributed by atoms with Gasteiger partial charge in [0.25, 0.3) is 12.3 Å². The van der Waals surface area contributed by atoms with Gasteiger partial charge in [-0.05, 0) is 81.5 Å². The maximum atomic E-state index is 13.9. The summed E-state index contributed by atoms with van der Waals surface area (Å²) in [5, 5.41) is 3.99. The third-order valence-electron chi connectivity index (χ3n) is 14.9. The van der Waals surface area contributed by atoms with Crippen LogP contribution in [0.25, 0.3) is 10.9 Å². The van der Waals surface area contributed by atoms with Crippen molar-refractivity contribution in [2.24, 2.45) is 11.3 Å². The summed E-state index contributed by atoms with van der Waals surface area (Å²) in [6.45, 7) is 12.5. The van der Waals surface area contributed by atoms with Crippen molar-refractivity contribution in [3.05, 3.63) is 89.0 Å². The van der Waals surface area contributed by atoms with E-state index in [1.807, 2.05) is 48.5 Å². The molecule has 7 aliphatic rings. The number of hydrogen-bond donors (Lipinski definition) is 2. The predicted molar refractivity (Wildman–Crippen MR) is 224 cm³/mol. The van der Waals surface area contributed by atoms with Crippen molar-refractivity contribution < 1.29 is 23.1 Å². The second-order valence-corrected chi connectivity index (χ2v) is 18.7. The summed E-state index contributed by atoms with van der Waals surface area (Å²) in [7, 11) is 0. The highest BCUT2D eigenvalue weighted by Gasteiger charge is 2.47. The Balaban J connectivity index is 0.691. The van der Waals surface area contributed by atoms with E-state index in [9.17, 15) is 18.4 Å². The fourth-order valence-electron chi connectivity index (χ4n) is 11.8. The average Bonchev–Trinajstić information content (AvgIpc) is 3.77. The first-order valence-electron chi connectivity index (χ1n) is 21.9. The van der Waals surface area contributed by atoms with Crippen LogP contribution in [-0.2, 0) is 17.8 Å². The zero-order valence-corrected chi connectivity index (χ0v) is 34.2. The van der Waals surface area contributed by atoms with Crippen LogP contribution in [0.3, 0.4) is 0 Å². The number of piperidine rings is 1. The van der Waals surface area contributed by atoms with Gasteiger partial charge in [-0.25, -0.2) is 18.7 Å². The second kappa shape index (κ2) is 14.5. The molecule has 3 saturated heterocycles. The fourth-order valence-corrected chi connectivity index (χ4v) is 11.8. The Morgan fingerprint density at radius 1 is 1.00 bits per heavy atom. The molecule has 0 radical (unpaired) electrons. The van der Waals surface area contributed by atoms with Gasteiger partial charge in [0, 0.05) is 102 Å². The van der Waals surface area contributed by atoms with E-state index in [-0.39, 0.29) is 36.5 Å². The van der Waals surface area contributed by atoms with Gasteiger partial charge < -0.3 is 29.7 Å². The van der Waals surface area contributed by atoms with Crippen molar-refractivity contribution >= 4 is 34.4 Å². The van der Waals surface area contributed by atoms with Crippen LogP contribution in [0.15, 0.2) is 61.1 Å². The fraction of sp³-hybridized carbons (Fsp3) is 0.522. The molecule has 2 amide bonds. The quantitative estimate of drug-likeness (QED) is 0.236. The number of benzene rings is 2. The van der Waals surface area contributed by atoms with Crippen LogP contribution in [0.2, 0.25) is 0 Å². The first kappa shape index (κ1) is 37.9. The molecular formula is C46H53F2N9O3. The second-order valence-electron chi connectivity index (χ2n) is 18.7. The highest BCUT2D eigenvalue weighted by molar-refractivity contribution is 6.03. The molecule has 1 spiro atoms. The third-order valence-corrected chi connectivity index (χ3v) is 14.9. The van der Waals surface area contributed by atoms with E-state index >= 15 is 0 Å². The molecule has 12 nitrogen and oxygen atoms in total. The summed E-state index contributed by atoms with van der Waals surface area (Å²) >= 11 is 0. The molecule has 2 unspecified atom stereocenters. The van der Waals surface area contributed by atoms with Gasteiger partial charge in [-0.2, -0.15) is 0 Å². The van der Waals surface area contributed by atoms with Gasteiger partial charge in [-0.3, -0.25) is 19.4 Å². The Labute approximate surface area is 348 Å². The van der Waals surface area contributed by atoms with Crippen LogP contribution in [0.1, 0.15) is 84.2 Å². The Kier molecular flexibility index (Phi) is 9.18. The summed E-state index contributed by atoms with van der Waals surface area (Å²) in [6.07, 6.45) is 8.10. The van der Waals surface area contributed by atoms with Gasteiger partial charge in [-0.15, -0.1) is 0 Å². The number of allylic oxidation sites excluding steroid dienone is 1. The summed E-state index contributed by atoms with van der Waals surface area (Å²) in [4.78, 5) is 50.4. The number of H-pyrrole nitrogens is 1. The largest absolute Gasteiger partial charge is 0.489 e. The highest BCUT2D eigenvalue weighted by atomic mass is 19.3. The monoisotopic (exact) mass is 817 g/mol. The number of nitrogens with one attached hydrogen (secondary N) is 2. The lowest BCUT2D eigenvalue weighted by Crippen LogP contribution is -2.59. The van der Waals surface area contributed by atoms with E-state index in [1.54, 1.807) is 4.90 Å². The number of amides is 2. The standard InChI is InChI=1S/C46H53F2N9O3/c1-27-7-9-38(43(58)51-27)57-22-35-33(44(57)59)8-10-37-42(35)60-24-31-21-53(15-16-55(31)37)20-29-11-13-46(14-12-29)25-54(26-46)45-49-18-30(19-50-45)41-40-34(17-28(2)56(41)23-39(47)48)32-5-3-4-6-36(32)52-40/h3-6,8,10,18-19,28-29,31,38-39,41,52H,1,7,9,11-17,20-26H2,2H3,(H,51,58)/t28?,31-,38?,41-/m1/s1. The number of para-hydroxylation sites is 1. The van der Waals surface area contributed by atoms with E-state index in [2.05, 4.69) is 43.7 Å². The Morgan fingerprint density at radius 3 is 2.58 bits per heavy atom. The third kappa shape index (κ3) is 6.35. The highest BCUT2D eigenvalue weighted by Crippen LogP contribution is 2.48. The molecule has 14 heteroatoms. The maximum Gasteiger partial charge on any atom is 0.255 e. The van der Waals surface area contributed by atoms with Crippen molar-refractivity contribution in [3.63, 3.8) is 0 Å². The van der Waals surface area contributed by atoms with E-state index in [0.29, 0.717) is 55.0 Å². The number of ether oxygens (including phenoxy) is 1. The molecule has 8 heterocycles. The molecule has 314 valence electrons. The van der Waals surface area contributed by atoms with Crippen molar-refractivity contribution in [3.8, 4) is 5.75 Å². The van der Waals surface area contributed by atoms with E-state index in [4.69, 9.17) is 14.7 Å². The SMILES string of the molecule is C=C1CCC(N2Cc3c(ccc4c3OC[C@H]3CN(CC5CCC6(CC5)CN(c5ncc([C@@H]7c8[nH]c9ccccc9c8CC(C)N7CC(F)F)cn5)C6)CCN43)C2=O)C(=O)N1. The summed E-state index contributed by atoms with van der Waals surface area (Å²) < 4.78 is 34.3. The first-order valence-corrected chi connectivity index (χ1v) is 21.9. The van der Waals surface area contributed by atoms with Gasteiger partial charge in [0.15, 0.2) is 0 Å². The molecule has 6 aliphatic heterocycles. The summed E-state index contributed by atoms with van der Waals surface area (Å²) in [5.41, 5.74) is 7.66. The topological polar surface area (TPSA) is 113 Å². The lowest BCUT2D eigenvalue weighted by molar-refractivity contribution is -0.126. The average molecular weight is 818 g/mol. The number of carbonyl (C=O) groups excluding carboxylic acids is 2. The molecule has 0 bridgehead atoms. The van der Waals surface area contributed by atoms with E-state index in [0.717, 1.165) is 84.4 Å². The number of rotatable bonds is 7. The minimum Gasteiger partial charge on any atom is -0.489 e. The number of fused-ring (bicyclic) bond motifs is 8. The normalized spacial score (nSPS) is 26.8. The van der Waals surface area contributed by atoms with Gasteiger partial charge in [-0.1, -0.05) is 24.8 Å². The summed E-state index contributed by atoms with van der Waals surface area (Å²) in [5.74, 6) is 1.94. The molecule has 2 aromatic heterocycles. The van der Waals surface area contributed by atoms with Crippen LogP contribution < -0.4 is 19.9 Å². The van der Waals surface area contributed by atoms with Gasteiger partial charge in [0.1, 0.15) is 18.4 Å². The lowest BCUT2D eigenvalue weighted by atomic mass is 9.66. The van der Waals surface area contributed by atoms with Crippen molar-refractivity contribution in [2.75, 3.05) is 62.2 Å². The molecule has 60 heavy (non-hydrogen) atoms. The van der Waals surface area contributed by atoms with Crippen LogP contribution in [0.5, 0.6) is 5.75 Å². The molecule has 2 aromatic carbocycles. The smallest absolute Gasteiger partial charge is 0.255 e. The van der Waals surface area contributed by atoms with Crippen molar-refractivity contribution in [1.82, 2.24) is 35.0 Å². The molecule has 4 fully saturated rings. The zero-order valence-electron chi connectivity index (χ0n) is 34.2. The molecule has 4 atom stereocenters. The Bertz CT molecular complexity index is 2350. The molecular weight excluding hydrogens is 765 g/mol. The lowest BCUT2D eigenvalue weighted by Gasteiger charge is -2.54. The van der Waals surface area contributed by atoms with E-state index in [1.165, 1.54) is 31.2 Å². The molecule has 11 rings (SSSR count). The number of nitrogens with zero attached hydrogens (tertiary/aromatic N) is 7. The first-order chi connectivity index (χ1) is 29.1. The zero-order chi connectivity index (χ0) is 40.9. The Hall–Kier alpha value is -5.08. The van der Waals surface area contributed by atoms with Crippen LogP contribution in [0.4, 0.5) is 20.4 Å². The predicted octanol–water partition coefficient (Wildman–Crippen LogP) is 5.89. The van der Waals surface area contributed by atoms with Crippen LogP contribution >= 0.6 is 0 Å². The number of alkyl halides is 2. The van der Waals surface area contributed by atoms with Crippen molar-refractivity contribution in [2.45, 2.75) is 89.0 Å². The van der Waals surface area contributed by atoms with Crippen LogP contribution in [-0.4, -0.2) is 118 Å². The number of piperazine rings is 1. The maximum absolute atomic E-state index is 13.9. The number of carbonyl (C=O) groups is 2. The van der Waals surface area contributed by atoms with Crippen LogP contribution in [0, 0.1) is 11.3 Å². The molecule has 1 saturated carbocycles. The van der Waals surface area contributed by atoms with Gasteiger partial charge >= 0.3 is 0 Å². The molecule has 2 N–H and O–H groups in total. The minimum atomic E-state index is -2.44. The number of aromatic amines is 1. The van der Waals surface area contributed by atoms with E-state index < -0.39 is 12.5 Å². The Morgan fingerprint density at radius 2 is 1.80 bits per heavy atom.